The van der Waals surface area contributed by atoms with Crippen LogP contribution in [0.1, 0.15) is 41.3 Å². The van der Waals surface area contributed by atoms with Crippen molar-refractivity contribution in [1.29, 1.82) is 0 Å². The van der Waals surface area contributed by atoms with E-state index in [9.17, 15) is 18.0 Å². The van der Waals surface area contributed by atoms with Gasteiger partial charge in [0.15, 0.2) is 5.82 Å². The molecule has 9 heteroatoms. The Kier molecular flexibility index (Phi) is 4.71. The molecule has 1 aromatic heterocycles. The summed E-state index contributed by atoms with van der Waals surface area (Å²) < 4.78 is 44.7. The maximum absolute atomic E-state index is 14.4. The summed E-state index contributed by atoms with van der Waals surface area (Å²) in [5.74, 6) is -5.00. The Labute approximate surface area is 154 Å². The fourth-order valence-corrected chi connectivity index (χ4v) is 3.14. The smallest absolute Gasteiger partial charge is 0.291 e. The van der Waals surface area contributed by atoms with Crippen molar-refractivity contribution in [2.24, 2.45) is 23.7 Å². The molecule has 27 heavy (non-hydrogen) atoms. The molecule has 3 N–H and O–H groups in total. The van der Waals surface area contributed by atoms with Crippen LogP contribution in [0.25, 0.3) is 0 Å². The Bertz CT molecular complexity index is 922. The van der Waals surface area contributed by atoms with Crippen molar-refractivity contribution >= 4 is 17.4 Å². The van der Waals surface area contributed by atoms with E-state index in [-0.39, 0.29) is 22.9 Å². The highest BCUT2D eigenvalue weighted by Gasteiger charge is 2.46. The standard InChI is InChI=1S/C18H20F3N5O/c1-9-7-18(20,21)14(25-15(9)22)12-6-11(4-5-13(12)19)24-17(27)16-23-10(2)8-26(16)3/h4-6,8-9,14H,7H2,1-3H3,(H2,22,25)(H,24,27). The van der Waals surface area contributed by atoms with Gasteiger partial charge in [-0.1, -0.05) is 6.92 Å². The zero-order valence-electron chi connectivity index (χ0n) is 15.1. The summed E-state index contributed by atoms with van der Waals surface area (Å²) in [5.41, 5.74) is 6.21. The predicted molar refractivity (Wildman–Crippen MR) is 95.4 cm³/mol. The van der Waals surface area contributed by atoms with Crippen LogP contribution in [0, 0.1) is 18.7 Å². The minimum atomic E-state index is -3.25. The van der Waals surface area contributed by atoms with Gasteiger partial charge < -0.3 is 15.6 Å². The van der Waals surface area contributed by atoms with Crippen molar-refractivity contribution in [3.05, 3.63) is 47.3 Å². The maximum atomic E-state index is 14.4. The normalized spacial score (nSPS) is 21.6. The predicted octanol–water partition coefficient (Wildman–Crippen LogP) is 3.19. The minimum absolute atomic E-state index is 0.0586. The molecule has 0 fully saturated rings. The highest BCUT2D eigenvalue weighted by atomic mass is 19.3. The van der Waals surface area contributed by atoms with Gasteiger partial charge in [0.2, 0.25) is 0 Å². The van der Waals surface area contributed by atoms with Crippen molar-refractivity contribution < 1.29 is 18.0 Å². The van der Waals surface area contributed by atoms with Crippen molar-refractivity contribution in [2.75, 3.05) is 5.32 Å². The molecule has 2 unspecified atom stereocenters. The quantitative estimate of drug-likeness (QED) is 0.859. The van der Waals surface area contributed by atoms with Crippen LogP contribution in [0.4, 0.5) is 18.9 Å². The average Bonchev–Trinajstić information content (AvgIpc) is 2.91. The molecule has 0 spiro atoms. The fraction of sp³-hybridized carbons (Fsp3) is 0.389. The second-order valence-electron chi connectivity index (χ2n) is 6.83. The van der Waals surface area contributed by atoms with E-state index in [0.29, 0.717) is 5.69 Å². The van der Waals surface area contributed by atoms with Crippen LogP contribution in [-0.2, 0) is 7.05 Å². The SMILES string of the molecule is Cc1cn(C)c(C(=O)Nc2ccc(F)c(C3N=C(N)C(C)CC3(F)F)c2)n1. The number of nitrogens with two attached hydrogens (primary N) is 1. The zero-order valence-corrected chi connectivity index (χ0v) is 15.1. The van der Waals surface area contributed by atoms with Crippen LogP contribution in [-0.4, -0.2) is 27.2 Å². The molecule has 0 saturated carbocycles. The Morgan fingerprint density at radius 3 is 2.74 bits per heavy atom. The summed E-state index contributed by atoms with van der Waals surface area (Å²) in [4.78, 5) is 20.3. The molecule has 3 rings (SSSR count). The number of aryl methyl sites for hydroxylation is 2. The lowest BCUT2D eigenvalue weighted by Crippen LogP contribution is -2.39. The second kappa shape index (κ2) is 6.71. The molecule has 2 atom stereocenters. The topological polar surface area (TPSA) is 85.3 Å². The van der Waals surface area contributed by atoms with Gasteiger partial charge >= 0.3 is 0 Å². The highest BCUT2D eigenvalue weighted by molar-refractivity contribution is 6.01. The van der Waals surface area contributed by atoms with Gasteiger partial charge in [-0.05, 0) is 25.1 Å². The van der Waals surface area contributed by atoms with Gasteiger partial charge in [0.1, 0.15) is 11.9 Å². The van der Waals surface area contributed by atoms with Crippen LogP contribution >= 0.6 is 0 Å². The Balaban J connectivity index is 1.93. The fourth-order valence-electron chi connectivity index (χ4n) is 3.14. The molecule has 1 aromatic carbocycles. The van der Waals surface area contributed by atoms with E-state index in [1.165, 1.54) is 10.6 Å². The Morgan fingerprint density at radius 2 is 2.11 bits per heavy atom. The number of amidine groups is 1. The van der Waals surface area contributed by atoms with E-state index in [0.717, 1.165) is 12.1 Å². The second-order valence-corrected chi connectivity index (χ2v) is 6.83. The molecule has 0 saturated heterocycles. The Morgan fingerprint density at radius 1 is 1.41 bits per heavy atom. The minimum Gasteiger partial charge on any atom is -0.387 e. The molecule has 144 valence electrons. The number of hydrogen-bond donors (Lipinski definition) is 2. The number of benzene rings is 1. The Hall–Kier alpha value is -2.84. The number of amides is 1. The highest BCUT2D eigenvalue weighted by Crippen LogP contribution is 2.44. The molecule has 2 aromatic rings. The van der Waals surface area contributed by atoms with E-state index in [1.807, 2.05) is 0 Å². The number of hydrogen-bond acceptors (Lipinski definition) is 4. The molecular weight excluding hydrogens is 359 g/mol. The monoisotopic (exact) mass is 379 g/mol. The van der Waals surface area contributed by atoms with Gasteiger partial charge in [-0.3, -0.25) is 9.79 Å². The van der Waals surface area contributed by atoms with Gasteiger partial charge in [0, 0.05) is 36.8 Å². The molecule has 0 radical (unpaired) electrons. The van der Waals surface area contributed by atoms with Gasteiger partial charge in [-0.25, -0.2) is 18.2 Å². The molecule has 0 bridgehead atoms. The summed E-state index contributed by atoms with van der Waals surface area (Å²) in [6, 6.07) is 1.74. The zero-order chi connectivity index (χ0) is 19.9. The van der Waals surface area contributed by atoms with E-state index in [1.54, 1.807) is 27.1 Å². The van der Waals surface area contributed by atoms with Crippen molar-refractivity contribution in [3.63, 3.8) is 0 Å². The van der Waals surface area contributed by atoms with Crippen LogP contribution in [0.15, 0.2) is 29.4 Å². The third kappa shape index (κ3) is 3.67. The van der Waals surface area contributed by atoms with E-state index >= 15 is 0 Å². The number of nitrogens with zero attached hydrogens (tertiary/aromatic N) is 3. The third-order valence-corrected chi connectivity index (χ3v) is 4.51. The van der Waals surface area contributed by atoms with Gasteiger partial charge in [0.05, 0.1) is 11.5 Å². The first-order valence-corrected chi connectivity index (χ1v) is 8.40. The van der Waals surface area contributed by atoms with Gasteiger partial charge in [-0.2, -0.15) is 0 Å². The number of aliphatic imine (C=N–C) groups is 1. The van der Waals surface area contributed by atoms with Gasteiger partial charge in [-0.15, -0.1) is 0 Å². The molecular formula is C18H20F3N5O. The summed E-state index contributed by atoms with van der Waals surface area (Å²) >= 11 is 0. The first kappa shape index (κ1) is 18.9. The van der Waals surface area contributed by atoms with E-state index in [2.05, 4.69) is 15.3 Å². The van der Waals surface area contributed by atoms with E-state index < -0.39 is 36.0 Å². The van der Waals surface area contributed by atoms with Crippen molar-refractivity contribution in [2.45, 2.75) is 32.2 Å². The number of aromatic nitrogens is 2. The summed E-state index contributed by atoms with van der Waals surface area (Å²) in [6.07, 6.45) is 1.15. The van der Waals surface area contributed by atoms with Crippen LogP contribution in [0.2, 0.25) is 0 Å². The molecule has 1 aliphatic rings. The summed E-state index contributed by atoms with van der Waals surface area (Å²) in [7, 11) is 1.66. The number of rotatable bonds is 3. The lowest BCUT2D eigenvalue weighted by atomic mass is 9.89. The largest absolute Gasteiger partial charge is 0.387 e. The number of carbonyl (C=O) groups excluding carboxylic acids is 1. The number of anilines is 1. The van der Waals surface area contributed by atoms with Crippen LogP contribution < -0.4 is 11.1 Å². The molecule has 0 aliphatic carbocycles. The number of imidazole rings is 1. The number of alkyl halides is 2. The molecule has 6 nitrogen and oxygen atoms in total. The third-order valence-electron chi connectivity index (χ3n) is 4.51. The first-order valence-electron chi connectivity index (χ1n) is 8.40. The molecule has 2 heterocycles. The lowest BCUT2D eigenvalue weighted by molar-refractivity contribution is -0.0462. The average molecular weight is 379 g/mol. The van der Waals surface area contributed by atoms with E-state index in [4.69, 9.17) is 5.73 Å². The van der Waals surface area contributed by atoms with Crippen molar-refractivity contribution in [3.8, 4) is 0 Å². The number of nitrogens with one attached hydrogen (secondary N) is 1. The number of halogens is 3. The molecule has 1 aliphatic heterocycles. The maximum Gasteiger partial charge on any atom is 0.291 e. The van der Waals surface area contributed by atoms with Gasteiger partial charge in [0.25, 0.3) is 11.8 Å². The van der Waals surface area contributed by atoms with Crippen LogP contribution in [0.3, 0.4) is 0 Å². The molecule has 1 amide bonds. The first-order chi connectivity index (χ1) is 12.6. The van der Waals surface area contributed by atoms with Crippen LogP contribution in [0.5, 0.6) is 0 Å². The van der Waals surface area contributed by atoms with Crippen molar-refractivity contribution in [1.82, 2.24) is 9.55 Å². The lowest BCUT2D eigenvalue weighted by Gasteiger charge is -2.32. The number of carbonyl (C=O) groups is 1. The summed E-state index contributed by atoms with van der Waals surface area (Å²) in [6.45, 7) is 3.28. The summed E-state index contributed by atoms with van der Waals surface area (Å²) in [5, 5.41) is 2.55.